The Morgan fingerprint density at radius 3 is 2.07 bits per heavy atom. The lowest BCUT2D eigenvalue weighted by atomic mass is 9.84. The van der Waals surface area contributed by atoms with Crippen LogP contribution in [0.25, 0.3) is 0 Å². The minimum absolute atomic E-state index is 0.00742. The first kappa shape index (κ1) is 32.4. The molecule has 1 atom stereocenters. The molecule has 0 bridgehead atoms. The number of carboxylic acids is 1. The van der Waals surface area contributed by atoms with Crippen LogP contribution < -0.4 is 26.0 Å². The zero-order valence-electron chi connectivity index (χ0n) is 24.5. The van der Waals surface area contributed by atoms with E-state index in [1.807, 2.05) is 0 Å². The fourth-order valence-corrected chi connectivity index (χ4v) is 7.60. The molecule has 12 heteroatoms. The maximum Gasteiger partial charge on any atom is 0.323 e. The summed E-state index contributed by atoms with van der Waals surface area (Å²) in [5.74, 6) is -1.08. The molecule has 11 nitrogen and oxygen atoms in total. The van der Waals surface area contributed by atoms with Gasteiger partial charge in [-0.2, -0.15) is 4.72 Å². The van der Waals surface area contributed by atoms with Gasteiger partial charge in [-0.25, -0.2) is 8.42 Å². The van der Waals surface area contributed by atoms with Crippen LogP contribution in [0.4, 0.5) is 0 Å². The van der Waals surface area contributed by atoms with Crippen LogP contribution in [0.3, 0.4) is 0 Å². The van der Waals surface area contributed by atoms with Gasteiger partial charge < -0.3 is 26.4 Å². The monoisotopic (exact) mass is 605 g/mol. The molecule has 1 aliphatic carbocycles. The summed E-state index contributed by atoms with van der Waals surface area (Å²) in [6, 6.07) is 3.28. The smallest absolute Gasteiger partial charge is 0.323 e. The Morgan fingerprint density at radius 2 is 1.48 bits per heavy atom. The number of carbonyl (C=O) groups is 3. The molecule has 42 heavy (non-hydrogen) atoms. The largest absolute Gasteiger partial charge is 0.480 e. The number of hydrogen-bond acceptors (Lipinski definition) is 7. The van der Waals surface area contributed by atoms with Crippen molar-refractivity contribution in [2.75, 3.05) is 39.3 Å². The molecule has 6 N–H and O–H groups in total. The van der Waals surface area contributed by atoms with Gasteiger partial charge in [-0.05, 0) is 132 Å². The van der Waals surface area contributed by atoms with Crippen molar-refractivity contribution in [2.24, 2.45) is 17.8 Å². The molecular formula is C30H47N5O6S. The summed E-state index contributed by atoms with van der Waals surface area (Å²) in [5, 5.41) is 21.6. The number of nitrogens with one attached hydrogen (secondary N) is 5. The van der Waals surface area contributed by atoms with Crippen molar-refractivity contribution in [1.29, 1.82) is 0 Å². The highest BCUT2D eigenvalue weighted by atomic mass is 32.2. The molecule has 2 aliphatic heterocycles. The maximum atomic E-state index is 13.2. The molecule has 0 saturated carbocycles. The van der Waals surface area contributed by atoms with E-state index in [1.165, 1.54) is 6.07 Å². The lowest BCUT2D eigenvalue weighted by Gasteiger charge is -2.27. The number of carbonyl (C=O) groups excluding carboxylic acids is 2. The highest BCUT2D eigenvalue weighted by Crippen LogP contribution is 2.27. The van der Waals surface area contributed by atoms with Crippen LogP contribution >= 0.6 is 0 Å². The molecule has 0 aromatic heterocycles. The van der Waals surface area contributed by atoms with Crippen molar-refractivity contribution in [2.45, 2.75) is 81.6 Å². The van der Waals surface area contributed by atoms with Crippen molar-refractivity contribution in [3.63, 3.8) is 0 Å². The van der Waals surface area contributed by atoms with E-state index in [0.717, 1.165) is 108 Å². The zero-order chi connectivity index (χ0) is 30.0. The van der Waals surface area contributed by atoms with Crippen molar-refractivity contribution in [1.82, 2.24) is 26.0 Å². The number of hydrogen-bond donors (Lipinski definition) is 6. The number of aliphatic carboxylic acids is 1. The van der Waals surface area contributed by atoms with Crippen molar-refractivity contribution in [3.8, 4) is 0 Å². The molecule has 1 aromatic rings. The van der Waals surface area contributed by atoms with E-state index >= 15 is 0 Å². The van der Waals surface area contributed by atoms with Crippen LogP contribution in [0.5, 0.6) is 0 Å². The molecule has 4 rings (SSSR count). The first-order valence-corrected chi connectivity index (χ1v) is 17.0. The molecule has 0 radical (unpaired) electrons. The molecule has 3 aliphatic rings. The topological polar surface area (TPSA) is 166 Å². The van der Waals surface area contributed by atoms with Crippen molar-refractivity contribution < 1.29 is 27.9 Å². The Labute approximate surface area is 249 Å². The highest BCUT2D eigenvalue weighted by Gasteiger charge is 2.28. The first-order valence-electron chi connectivity index (χ1n) is 15.5. The second kappa shape index (κ2) is 15.8. The van der Waals surface area contributed by atoms with Gasteiger partial charge in [-0.15, -0.1) is 0 Å². The number of sulfonamides is 1. The minimum atomic E-state index is -4.10. The Kier molecular flexibility index (Phi) is 12.2. The maximum absolute atomic E-state index is 13.2. The Morgan fingerprint density at radius 1 is 0.881 bits per heavy atom. The summed E-state index contributed by atoms with van der Waals surface area (Å²) in [4.78, 5) is 37.5. The van der Waals surface area contributed by atoms with Gasteiger partial charge in [0.1, 0.15) is 6.04 Å². The second-order valence-electron chi connectivity index (χ2n) is 12.1. The standard InChI is InChI=1S/C30H47N5O6S/c36-28(33-19-27(30(38)39)35-42(40,41)26-9-8-23-2-1-3-25(23)18-26)20-34-29(37)24(6-4-21-10-14-31-15-11-21)7-5-22-12-16-32-17-13-22/h8-9,18,21-22,24,27,31-32,35H,1-7,10-17,19-20H2,(H,33,36)(H,34,37)(H,38,39). The van der Waals surface area contributed by atoms with E-state index in [-0.39, 0.29) is 23.3 Å². The SMILES string of the molecule is O=C(CNC(=O)C(CCC1CCNCC1)CCC1CCNCC1)NCC(NS(=O)(=O)c1ccc2c(c1)CCC2)C(=O)O. The predicted molar refractivity (Wildman–Crippen MR) is 159 cm³/mol. The summed E-state index contributed by atoms with van der Waals surface area (Å²) in [6.45, 7) is 3.31. The quantitative estimate of drug-likeness (QED) is 0.174. The zero-order valence-corrected chi connectivity index (χ0v) is 25.3. The third-order valence-corrected chi connectivity index (χ3v) is 10.5. The number of amides is 2. The molecule has 2 fully saturated rings. The number of benzene rings is 1. The molecule has 1 unspecified atom stereocenters. The molecule has 0 spiro atoms. The molecule has 2 heterocycles. The first-order chi connectivity index (χ1) is 20.2. The Bertz CT molecular complexity index is 1160. The molecule has 234 valence electrons. The fraction of sp³-hybridized carbons (Fsp3) is 0.700. The highest BCUT2D eigenvalue weighted by molar-refractivity contribution is 7.89. The summed E-state index contributed by atoms with van der Waals surface area (Å²) < 4.78 is 28.0. The predicted octanol–water partition coefficient (Wildman–Crippen LogP) is 1.32. The van der Waals surface area contributed by atoms with Gasteiger partial charge in [0.25, 0.3) is 0 Å². The van der Waals surface area contributed by atoms with Crippen molar-refractivity contribution in [3.05, 3.63) is 29.3 Å². The lowest BCUT2D eigenvalue weighted by Crippen LogP contribution is -2.50. The van der Waals surface area contributed by atoms with Gasteiger partial charge in [0.05, 0.1) is 11.4 Å². The van der Waals surface area contributed by atoms with Crippen LogP contribution in [-0.4, -0.2) is 76.6 Å². The van der Waals surface area contributed by atoms with Crippen LogP contribution in [0.2, 0.25) is 0 Å². The second-order valence-corrected chi connectivity index (χ2v) is 13.8. The van der Waals surface area contributed by atoms with Crippen LogP contribution in [-0.2, 0) is 37.2 Å². The summed E-state index contributed by atoms with van der Waals surface area (Å²) in [6.07, 6.45) is 10.7. The van der Waals surface area contributed by atoms with E-state index in [9.17, 15) is 27.9 Å². The van der Waals surface area contributed by atoms with E-state index in [4.69, 9.17) is 0 Å². The Balaban J connectivity index is 1.26. The van der Waals surface area contributed by atoms with Gasteiger partial charge in [-0.1, -0.05) is 6.07 Å². The normalized spacial score (nSPS) is 18.9. The van der Waals surface area contributed by atoms with Gasteiger partial charge in [-0.3, -0.25) is 14.4 Å². The van der Waals surface area contributed by atoms with Crippen LogP contribution in [0, 0.1) is 17.8 Å². The number of rotatable bonds is 15. The number of fused-ring (bicyclic) bond motifs is 1. The molecular weight excluding hydrogens is 558 g/mol. The average Bonchev–Trinajstić information content (AvgIpc) is 3.47. The van der Waals surface area contributed by atoms with E-state index in [2.05, 4.69) is 26.0 Å². The van der Waals surface area contributed by atoms with E-state index < -0.39 is 34.5 Å². The summed E-state index contributed by atoms with van der Waals surface area (Å²) in [7, 11) is -4.10. The number of carboxylic acid groups (broad SMARTS) is 1. The fourth-order valence-electron chi connectivity index (χ4n) is 6.36. The third-order valence-electron chi connectivity index (χ3n) is 9.04. The minimum Gasteiger partial charge on any atom is -0.480 e. The number of piperidine rings is 2. The molecule has 2 amide bonds. The summed E-state index contributed by atoms with van der Waals surface area (Å²) in [5.41, 5.74) is 2.07. The van der Waals surface area contributed by atoms with Crippen molar-refractivity contribution >= 4 is 27.8 Å². The van der Waals surface area contributed by atoms with E-state index in [1.54, 1.807) is 12.1 Å². The van der Waals surface area contributed by atoms with Gasteiger partial charge in [0.15, 0.2) is 0 Å². The van der Waals surface area contributed by atoms with Gasteiger partial charge in [0.2, 0.25) is 21.8 Å². The summed E-state index contributed by atoms with van der Waals surface area (Å²) >= 11 is 0. The van der Waals surface area contributed by atoms with Gasteiger partial charge in [0, 0.05) is 12.5 Å². The Hall–Kier alpha value is -2.54. The third kappa shape index (κ3) is 9.75. The van der Waals surface area contributed by atoms with E-state index in [0.29, 0.717) is 11.8 Å². The molecule has 1 aromatic carbocycles. The lowest BCUT2D eigenvalue weighted by molar-refractivity contribution is -0.139. The molecule has 2 saturated heterocycles. The van der Waals surface area contributed by atoms with Crippen LogP contribution in [0.15, 0.2) is 23.1 Å². The van der Waals surface area contributed by atoms with Crippen LogP contribution in [0.1, 0.15) is 68.9 Å². The number of aryl methyl sites for hydroxylation is 2. The van der Waals surface area contributed by atoms with Gasteiger partial charge >= 0.3 is 5.97 Å². The average molecular weight is 606 g/mol.